The van der Waals surface area contributed by atoms with Crippen LogP contribution in [0.3, 0.4) is 0 Å². The number of ether oxygens (including phenoxy) is 1. The molecule has 25 heavy (non-hydrogen) atoms. The Bertz CT molecular complexity index is 758. The van der Waals surface area contributed by atoms with E-state index in [2.05, 4.69) is 10.4 Å². The van der Waals surface area contributed by atoms with Crippen LogP contribution in [-0.4, -0.2) is 33.4 Å². The Hall–Kier alpha value is -3.04. The van der Waals surface area contributed by atoms with Crippen LogP contribution in [0.4, 0.5) is 13.2 Å². The number of hydrogen-bond donors (Lipinski definition) is 2. The topological polar surface area (TPSA) is 93.5 Å². The molecule has 0 aliphatic heterocycles. The standard InChI is InChI=1S/C15H14F3N3O4/c16-15(17,18)12-4-5-21(20-12)8-13(22)19-7-10-2-1-3-11(6-10)25-9-14(23)24/h1-6H,7-9H2,(H,19,22)(H,23,24). The van der Waals surface area contributed by atoms with E-state index >= 15 is 0 Å². The molecule has 1 aromatic heterocycles. The first kappa shape index (κ1) is 18.3. The van der Waals surface area contributed by atoms with Crippen LogP contribution in [0.2, 0.25) is 0 Å². The van der Waals surface area contributed by atoms with Gasteiger partial charge in [0.2, 0.25) is 5.91 Å². The second-order valence-electron chi connectivity index (χ2n) is 5.00. The molecule has 0 bridgehead atoms. The number of carbonyl (C=O) groups is 2. The molecule has 0 saturated carbocycles. The van der Waals surface area contributed by atoms with Crippen LogP contribution in [0, 0.1) is 0 Å². The lowest BCUT2D eigenvalue weighted by molar-refractivity contribution is -0.142. The number of benzene rings is 1. The second-order valence-corrected chi connectivity index (χ2v) is 5.00. The third-order valence-corrected chi connectivity index (χ3v) is 2.99. The average molecular weight is 357 g/mol. The average Bonchev–Trinajstić information content (AvgIpc) is 3.00. The van der Waals surface area contributed by atoms with Crippen molar-refractivity contribution in [2.24, 2.45) is 0 Å². The number of rotatable bonds is 7. The molecular weight excluding hydrogens is 343 g/mol. The van der Waals surface area contributed by atoms with Gasteiger partial charge < -0.3 is 15.2 Å². The van der Waals surface area contributed by atoms with E-state index in [0.29, 0.717) is 11.3 Å². The Balaban J connectivity index is 1.86. The van der Waals surface area contributed by atoms with E-state index in [1.165, 1.54) is 0 Å². The Kier molecular flexibility index (Phi) is 5.63. The molecule has 10 heteroatoms. The van der Waals surface area contributed by atoms with Gasteiger partial charge in [0.1, 0.15) is 12.3 Å². The van der Waals surface area contributed by atoms with Gasteiger partial charge >= 0.3 is 12.1 Å². The predicted molar refractivity (Wildman–Crippen MR) is 78.6 cm³/mol. The molecule has 0 spiro atoms. The van der Waals surface area contributed by atoms with E-state index in [0.717, 1.165) is 16.9 Å². The number of alkyl halides is 3. The highest BCUT2D eigenvalue weighted by molar-refractivity contribution is 5.75. The lowest BCUT2D eigenvalue weighted by atomic mass is 10.2. The molecule has 2 aromatic rings. The largest absolute Gasteiger partial charge is 0.482 e. The minimum atomic E-state index is -4.56. The van der Waals surface area contributed by atoms with Crippen molar-refractivity contribution in [2.45, 2.75) is 19.3 Å². The third kappa shape index (κ3) is 5.83. The number of hydrogen-bond acceptors (Lipinski definition) is 4. The molecule has 0 aliphatic rings. The van der Waals surface area contributed by atoms with Gasteiger partial charge in [-0.2, -0.15) is 18.3 Å². The van der Waals surface area contributed by atoms with Crippen LogP contribution in [-0.2, 0) is 28.9 Å². The zero-order valence-corrected chi connectivity index (χ0v) is 12.8. The second kappa shape index (κ2) is 7.69. The van der Waals surface area contributed by atoms with Crippen molar-refractivity contribution in [3.63, 3.8) is 0 Å². The molecule has 0 radical (unpaired) electrons. The maximum Gasteiger partial charge on any atom is 0.435 e. The summed E-state index contributed by atoms with van der Waals surface area (Å²) in [5.74, 6) is -1.30. The monoisotopic (exact) mass is 357 g/mol. The predicted octanol–water partition coefficient (Wildman–Crippen LogP) is 1.68. The fraction of sp³-hybridized carbons (Fsp3) is 0.267. The Labute approximate surface area is 140 Å². The molecule has 0 saturated heterocycles. The van der Waals surface area contributed by atoms with Crippen molar-refractivity contribution >= 4 is 11.9 Å². The molecule has 1 amide bonds. The Morgan fingerprint density at radius 2 is 2.04 bits per heavy atom. The van der Waals surface area contributed by atoms with E-state index in [-0.39, 0.29) is 13.1 Å². The summed E-state index contributed by atoms with van der Waals surface area (Å²) in [4.78, 5) is 22.2. The molecule has 0 unspecified atom stereocenters. The number of carboxylic acid groups (broad SMARTS) is 1. The molecule has 7 nitrogen and oxygen atoms in total. The first-order valence-corrected chi connectivity index (χ1v) is 7.05. The number of nitrogens with one attached hydrogen (secondary N) is 1. The number of carboxylic acids is 1. The van der Waals surface area contributed by atoms with Crippen molar-refractivity contribution in [1.82, 2.24) is 15.1 Å². The van der Waals surface area contributed by atoms with E-state index in [1.54, 1.807) is 24.3 Å². The summed E-state index contributed by atoms with van der Waals surface area (Å²) < 4.78 is 43.2. The smallest absolute Gasteiger partial charge is 0.435 e. The zero-order valence-electron chi connectivity index (χ0n) is 12.8. The van der Waals surface area contributed by atoms with Gasteiger partial charge in [-0.3, -0.25) is 9.48 Å². The fourth-order valence-electron chi connectivity index (χ4n) is 1.89. The van der Waals surface area contributed by atoms with Crippen LogP contribution >= 0.6 is 0 Å². The summed E-state index contributed by atoms with van der Waals surface area (Å²) in [5, 5.41) is 14.4. The van der Waals surface area contributed by atoms with Crippen LogP contribution in [0.25, 0.3) is 0 Å². The van der Waals surface area contributed by atoms with Gasteiger partial charge in [-0.1, -0.05) is 12.1 Å². The summed E-state index contributed by atoms with van der Waals surface area (Å²) >= 11 is 0. The van der Waals surface area contributed by atoms with Crippen LogP contribution in [0.5, 0.6) is 5.75 Å². The molecule has 0 fully saturated rings. The van der Waals surface area contributed by atoms with E-state index in [9.17, 15) is 22.8 Å². The van der Waals surface area contributed by atoms with Crippen molar-refractivity contribution in [2.75, 3.05) is 6.61 Å². The lowest BCUT2D eigenvalue weighted by Gasteiger charge is -2.08. The highest BCUT2D eigenvalue weighted by atomic mass is 19.4. The third-order valence-electron chi connectivity index (χ3n) is 2.99. The molecule has 0 aliphatic carbocycles. The van der Waals surface area contributed by atoms with Gasteiger partial charge in [0.25, 0.3) is 0 Å². The minimum Gasteiger partial charge on any atom is -0.482 e. The van der Waals surface area contributed by atoms with E-state index < -0.39 is 30.4 Å². The quantitative estimate of drug-likeness (QED) is 0.786. The summed E-state index contributed by atoms with van der Waals surface area (Å²) in [5.41, 5.74) is -0.420. The number of amides is 1. The number of halogens is 3. The van der Waals surface area contributed by atoms with Crippen molar-refractivity contribution < 1.29 is 32.6 Å². The van der Waals surface area contributed by atoms with Crippen LogP contribution in [0.15, 0.2) is 36.5 Å². The van der Waals surface area contributed by atoms with Gasteiger partial charge in [-0.25, -0.2) is 4.79 Å². The van der Waals surface area contributed by atoms with Gasteiger partial charge in [0.05, 0.1) is 0 Å². The minimum absolute atomic E-state index is 0.108. The molecule has 2 N–H and O–H groups in total. The molecule has 0 atom stereocenters. The van der Waals surface area contributed by atoms with Crippen molar-refractivity contribution in [3.8, 4) is 5.75 Å². The molecule has 1 heterocycles. The summed E-state index contributed by atoms with van der Waals surface area (Å²) in [6, 6.07) is 7.22. The summed E-state index contributed by atoms with van der Waals surface area (Å²) in [7, 11) is 0. The van der Waals surface area contributed by atoms with Crippen molar-refractivity contribution in [3.05, 3.63) is 47.8 Å². The number of aliphatic carboxylic acids is 1. The molecule has 134 valence electrons. The van der Waals surface area contributed by atoms with Crippen LogP contribution in [0.1, 0.15) is 11.3 Å². The molecule has 2 rings (SSSR count). The van der Waals surface area contributed by atoms with E-state index in [4.69, 9.17) is 9.84 Å². The maximum absolute atomic E-state index is 12.4. The SMILES string of the molecule is O=C(O)COc1cccc(CNC(=O)Cn2ccc(C(F)(F)F)n2)c1. The molecule has 1 aromatic carbocycles. The van der Waals surface area contributed by atoms with E-state index in [1.807, 2.05) is 0 Å². The normalized spacial score (nSPS) is 11.2. The number of nitrogens with zero attached hydrogens (tertiary/aromatic N) is 2. The highest BCUT2D eigenvalue weighted by Crippen LogP contribution is 2.27. The van der Waals surface area contributed by atoms with Gasteiger partial charge in [-0.15, -0.1) is 0 Å². The fourth-order valence-corrected chi connectivity index (χ4v) is 1.89. The highest BCUT2D eigenvalue weighted by Gasteiger charge is 2.33. The number of aromatic nitrogens is 2. The number of carbonyl (C=O) groups excluding carboxylic acids is 1. The Morgan fingerprint density at radius 1 is 1.28 bits per heavy atom. The first-order chi connectivity index (χ1) is 11.7. The van der Waals surface area contributed by atoms with Gasteiger partial charge in [-0.05, 0) is 23.8 Å². The first-order valence-electron chi connectivity index (χ1n) is 7.05. The lowest BCUT2D eigenvalue weighted by Crippen LogP contribution is -2.27. The summed E-state index contributed by atoms with van der Waals surface area (Å²) in [6.07, 6.45) is -3.49. The molecular formula is C15H14F3N3O4. The summed E-state index contributed by atoms with van der Waals surface area (Å²) in [6.45, 7) is -0.738. The Morgan fingerprint density at radius 3 is 2.68 bits per heavy atom. The van der Waals surface area contributed by atoms with Crippen LogP contribution < -0.4 is 10.1 Å². The van der Waals surface area contributed by atoms with Gasteiger partial charge in [0, 0.05) is 12.7 Å². The van der Waals surface area contributed by atoms with Crippen molar-refractivity contribution in [1.29, 1.82) is 0 Å². The van der Waals surface area contributed by atoms with Gasteiger partial charge in [0.15, 0.2) is 12.3 Å². The zero-order chi connectivity index (χ0) is 18.4. The maximum atomic E-state index is 12.4.